The van der Waals surface area contributed by atoms with Gasteiger partial charge >= 0.3 is 5.97 Å². The van der Waals surface area contributed by atoms with Crippen molar-refractivity contribution in [1.29, 1.82) is 0 Å². The molecular formula is C13H20N2O3S. The van der Waals surface area contributed by atoms with E-state index in [1.165, 1.54) is 7.11 Å². The molecule has 1 N–H and O–H groups in total. The third-order valence-electron chi connectivity index (χ3n) is 3.67. The van der Waals surface area contributed by atoms with Crippen molar-refractivity contribution in [3.8, 4) is 0 Å². The molecule has 1 aromatic heterocycles. The summed E-state index contributed by atoms with van der Waals surface area (Å²) in [7, 11) is 3.31. The summed E-state index contributed by atoms with van der Waals surface area (Å²) >= 11 is 1.67. The number of thioether (sulfide) groups is 1. The fourth-order valence-electron chi connectivity index (χ4n) is 2.19. The summed E-state index contributed by atoms with van der Waals surface area (Å²) in [5, 5.41) is 14.7. The SMILES string of the molecule is COC(=O)CC1(CSc2c(CO)c(C)nn2C)CC1. The lowest BCUT2D eigenvalue weighted by Gasteiger charge is -2.13. The molecule has 1 aromatic rings. The number of hydrogen-bond acceptors (Lipinski definition) is 5. The Balaban J connectivity index is 2.01. The second-order valence-corrected chi connectivity index (χ2v) is 6.16. The first kappa shape index (κ1) is 14.4. The minimum Gasteiger partial charge on any atom is -0.469 e. The van der Waals surface area contributed by atoms with Crippen molar-refractivity contribution in [3.63, 3.8) is 0 Å². The third-order valence-corrected chi connectivity index (χ3v) is 5.21. The Kier molecular flexibility index (Phi) is 4.20. The van der Waals surface area contributed by atoms with Crippen LogP contribution in [0.2, 0.25) is 0 Å². The molecule has 0 bridgehead atoms. The lowest BCUT2D eigenvalue weighted by molar-refractivity contribution is -0.141. The summed E-state index contributed by atoms with van der Waals surface area (Å²) in [6.45, 7) is 1.91. The first-order chi connectivity index (χ1) is 9.01. The fraction of sp³-hybridized carbons (Fsp3) is 0.692. The van der Waals surface area contributed by atoms with Crippen LogP contribution in [0.25, 0.3) is 0 Å². The molecule has 19 heavy (non-hydrogen) atoms. The van der Waals surface area contributed by atoms with Crippen LogP contribution in [0.1, 0.15) is 30.5 Å². The molecule has 1 fully saturated rings. The lowest BCUT2D eigenvalue weighted by atomic mass is 10.1. The standard InChI is InChI=1S/C13H20N2O3S/c1-9-10(7-16)12(15(2)14-9)19-8-13(4-5-13)6-11(17)18-3/h16H,4-8H2,1-3H3. The number of aromatic nitrogens is 2. The average Bonchev–Trinajstić information content (AvgIpc) is 3.07. The summed E-state index contributed by atoms with van der Waals surface area (Å²) in [5.41, 5.74) is 1.84. The number of rotatable bonds is 6. The maximum absolute atomic E-state index is 11.4. The predicted molar refractivity (Wildman–Crippen MR) is 72.9 cm³/mol. The molecule has 0 unspecified atom stereocenters. The van der Waals surface area contributed by atoms with Crippen LogP contribution in [0.15, 0.2) is 5.03 Å². The van der Waals surface area contributed by atoms with Gasteiger partial charge in [-0.25, -0.2) is 0 Å². The van der Waals surface area contributed by atoms with Crippen LogP contribution in [0.3, 0.4) is 0 Å². The number of esters is 1. The van der Waals surface area contributed by atoms with Gasteiger partial charge in [-0.05, 0) is 25.2 Å². The molecule has 5 nitrogen and oxygen atoms in total. The van der Waals surface area contributed by atoms with Crippen molar-refractivity contribution < 1.29 is 14.6 Å². The monoisotopic (exact) mass is 284 g/mol. The van der Waals surface area contributed by atoms with E-state index in [9.17, 15) is 9.90 Å². The van der Waals surface area contributed by atoms with Crippen molar-refractivity contribution in [1.82, 2.24) is 9.78 Å². The second kappa shape index (κ2) is 5.54. The van der Waals surface area contributed by atoms with Gasteiger partial charge in [0, 0.05) is 18.4 Å². The van der Waals surface area contributed by atoms with Crippen molar-refractivity contribution >= 4 is 17.7 Å². The number of hydrogen-bond donors (Lipinski definition) is 1. The molecule has 0 spiro atoms. The van der Waals surface area contributed by atoms with Gasteiger partial charge in [0.2, 0.25) is 0 Å². The average molecular weight is 284 g/mol. The molecule has 0 aromatic carbocycles. The number of carbonyl (C=O) groups excluding carboxylic acids is 1. The van der Waals surface area contributed by atoms with Gasteiger partial charge in [0.25, 0.3) is 0 Å². The highest BCUT2D eigenvalue weighted by Gasteiger charge is 2.44. The molecule has 1 aliphatic carbocycles. The lowest BCUT2D eigenvalue weighted by Crippen LogP contribution is -2.13. The molecule has 0 aliphatic heterocycles. The minimum atomic E-state index is -0.137. The quantitative estimate of drug-likeness (QED) is 0.636. The summed E-state index contributed by atoms with van der Waals surface area (Å²) < 4.78 is 6.55. The van der Waals surface area contributed by atoms with E-state index in [0.717, 1.165) is 34.9 Å². The smallest absolute Gasteiger partial charge is 0.306 e. The highest BCUT2D eigenvalue weighted by Crippen LogP contribution is 2.52. The molecule has 106 valence electrons. The second-order valence-electron chi connectivity index (χ2n) is 5.19. The van der Waals surface area contributed by atoms with Crippen LogP contribution in [0.5, 0.6) is 0 Å². The van der Waals surface area contributed by atoms with Gasteiger partial charge in [0.05, 0.1) is 30.9 Å². The highest BCUT2D eigenvalue weighted by molar-refractivity contribution is 7.99. The van der Waals surface area contributed by atoms with Crippen molar-refractivity contribution in [2.75, 3.05) is 12.9 Å². The minimum absolute atomic E-state index is 0.00596. The van der Waals surface area contributed by atoms with Gasteiger partial charge in [-0.1, -0.05) is 0 Å². The zero-order chi connectivity index (χ0) is 14.0. The van der Waals surface area contributed by atoms with Gasteiger partial charge < -0.3 is 9.84 Å². The summed E-state index contributed by atoms with van der Waals surface area (Å²) in [4.78, 5) is 11.4. The van der Waals surface area contributed by atoms with Crippen LogP contribution in [0, 0.1) is 12.3 Å². The van der Waals surface area contributed by atoms with E-state index in [-0.39, 0.29) is 18.0 Å². The number of carbonyl (C=O) groups is 1. The largest absolute Gasteiger partial charge is 0.469 e. The summed E-state index contributed by atoms with van der Waals surface area (Å²) in [6.07, 6.45) is 2.63. The fourth-order valence-corrected chi connectivity index (χ4v) is 3.64. The number of aliphatic hydroxyl groups is 1. The third kappa shape index (κ3) is 3.12. The molecule has 1 saturated carbocycles. The van der Waals surface area contributed by atoms with Crippen LogP contribution in [-0.2, 0) is 23.2 Å². The van der Waals surface area contributed by atoms with Gasteiger partial charge in [-0.3, -0.25) is 9.48 Å². The Labute approximate surface area is 117 Å². The van der Waals surface area contributed by atoms with Gasteiger partial charge in [0.15, 0.2) is 0 Å². The van der Waals surface area contributed by atoms with E-state index in [1.807, 2.05) is 14.0 Å². The van der Waals surface area contributed by atoms with Crippen molar-refractivity contribution in [3.05, 3.63) is 11.3 Å². The van der Waals surface area contributed by atoms with E-state index in [2.05, 4.69) is 5.10 Å². The highest BCUT2D eigenvalue weighted by atomic mass is 32.2. The topological polar surface area (TPSA) is 64.3 Å². The van der Waals surface area contributed by atoms with E-state index >= 15 is 0 Å². The maximum Gasteiger partial charge on any atom is 0.306 e. The van der Waals surface area contributed by atoms with Gasteiger partial charge in [0.1, 0.15) is 0 Å². The first-order valence-electron chi connectivity index (χ1n) is 6.34. The van der Waals surface area contributed by atoms with Gasteiger partial charge in [-0.2, -0.15) is 5.10 Å². The van der Waals surface area contributed by atoms with E-state index in [0.29, 0.717) is 6.42 Å². The molecule has 0 radical (unpaired) electrons. The Morgan fingerprint density at radius 3 is 2.79 bits per heavy atom. The molecule has 0 amide bonds. The zero-order valence-corrected chi connectivity index (χ0v) is 12.4. The number of ether oxygens (including phenoxy) is 1. The Hall–Kier alpha value is -1.01. The van der Waals surface area contributed by atoms with E-state index < -0.39 is 0 Å². The number of nitrogens with zero attached hydrogens (tertiary/aromatic N) is 2. The molecular weight excluding hydrogens is 264 g/mol. The predicted octanol–water partition coefficient (Wildman–Crippen LogP) is 1.66. The molecule has 0 atom stereocenters. The molecule has 6 heteroatoms. The number of methoxy groups -OCH3 is 1. The molecule has 2 rings (SSSR count). The molecule has 1 aliphatic rings. The Morgan fingerprint density at radius 2 is 2.26 bits per heavy atom. The first-order valence-corrected chi connectivity index (χ1v) is 7.33. The number of aryl methyl sites for hydroxylation is 2. The summed E-state index contributed by atoms with van der Waals surface area (Å²) in [5.74, 6) is 0.732. The van der Waals surface area contributed by atoms with Crippen LogP contribution < -0.4 is 0 Å². The maximum atomic E-state index is 11.4. The van der Waals surface area contributed by atoms with Crippen LogP contribution in [-0.4, -0.2) is 33.7 Å². The Morgan fingerprint density at radius 1 is 1.58 bits per heavy atom. The summed E-state index contributed by atoms with van der Waals surface area (Å²) in [6, 6.07) is 0. The zero-order valence-electron chi connectivity index (χ0n) is 11.6. The Bertz CT molecular complexity index is 480. The molecule has 0 saturated heterocycles. The van der Waals surface area contributed by atoms with E-state index in [1.54, 1.807) is 16.4 Å². The normalized spacial score (nSPS) is 16.4. The van der Waals surface area contributed by atoms with Crippen LogP contribution >= 0.6 is 11.8 Å². The number of aliphatic hydroxyl groups excluding tert-OH is 1. The molecule has 1 heterocycles. The van der Waals surface area contributed by atoms with E-state index in [4.69, 9.17) is 4.74 Å². The van der Waals surface area contributed by atoms with Crippen LogP contribution in [0.4, 0.5) is 0 Å². The van der Waals surface area contributed by atoms with Gasteiger partial charge in [-0.15, -0.1) is 11.8 Å². The van der Waals surface area contributed by atoms with Crippen molar-refractivity contribution in [2.45, 2.75) is 37.8 Å². The van der Waals surface area contributed by atoms with Crippen molar-refractivity contribution in [2.24, 2.45) is 12.5 Å².